The van der Waals surface area contributed by atoms with Crippen molar-refractivity contribution in [2.45, 2.75) is 12.6 Å². The summed E-state index contributed by atoms with van der Waals surface area (Å²) >= 11 is 0. The number of Topliss-reactive ketones (excluding diaryl/α,β-unsaturated/α-hetero) is 2. The van der Waals surface area contributed by atoms with Crippen LogP contribution in [0.4, 0.5) is 18.9 Å². The highest BCUT2D eigenvalue weighted by atomic mass is 19.4. The standard InChI is InChI=1S/C12H8F3NO3/c13-12(14,15)9(17)5-6-16-8-4-2-1-3-7(8)10(18)11(16)19/h1-4H,5-6H2. The van der Waals surface area contributed by atoms with Gasteiger partial charge in [0.25, 0.3) is 11.7 Å². The summed E-state index contributed by atoms with van der Waals surface area (Å²) in [5, 5.41) is 0. The van der Waals surface area contributed by atoms with Crippen LogP contribution in [-0.2, 0) is 9.59 Å². The average molecular weight is 271 g/mol. The highest BCUT2D eigenvalue weighted by Crippen LogP contribution is 2.29. The van der Waals surface area contributed by atoms with Crippen LogP contribution in [0.1, 0.15) is 16.8 Å². The first-order chi connectivity index (χ1) is 8.82. The minimum atomic E-state index is -4.92. The molecule has 0 unspecified atom stereocenters. The topological polar surface area (TPSA) is 54.5 Å². The maximum absolute atomic E-state index is 12.1. The van der Waals surface area contributed by atoms with Crippen molar-refractivity contribution >= 4 is 23.2 Å². The van der Waals surface area contributed by atoms with Gasteiger partial charge in [-0.05, 0) is 12.1 Å². The van der Waals surface area contributed by atoms with E-state index in [4.69, 9.17) is 0 Å². The Labute approximate surface area is 105 Å². The molecule has 7 heteroatoms. The molecule has 0 atom stereocenters. The molecule has 2 rings (SSSR count). The summed E-state index contributed by atoms with van der Waals surface area (Å²) in [4.78, 5) is 34.8. The van der Waals surface area contributed by atoms with E-state index < -0.39 is 36.6 Å². The van der Waals surface area contributed by atoms with Crippen LogP contribution in [0.25, 0.3) is 0 Å². The monoisotopic (exact) mass is 271 g/mol. The number of para-hydroxylation sites is 1. The minimum absolute atomic E-state index is 0.145. The van der Waals surface area contributed by atoms with Crippen molar-refractivity contribution in [1.29, 1.82) is 0 Å². The Morgan fingerprint density at radius 2 is 1.79 bits per heavy atom. The van der Waals surface area contributed by atoms with Crippen molar-refractivity contribution in [2.24, 2.45) is 0 Å². The lowest BCUT2D eigenvalue weighted by atomic mass is 10.1. The lowest BCUT2D eigenvalue weighted by molar-refractivity contribution is -0.170. The second kappa shape index (κ2) is 4.49. The zero-order chi connectivity index (χ0) is 14.2. The van der Waals surface area contributed by atoms with Crippen molar-refractivity contribution in [2.75, 3.05) is 11.4 Å². The number of carbonyl (C=O) groups is 3. The Morgan fingerprint density at radius 1 is 1.16 bits per heavy atom. The fourth-order valence-electron chi connectivity index (χ4n) is 1.83. The first kappa shape index (κ1) is 13.3. The molecule has 0 radical (unpaired) electrons. The number of rotatable bonds is 3. The summed E-state index contributed by atoms with van der Waals surface area (Å²) in [5.41, 5.74) is 0.388. The van der Waals surface area contributed by atoms with Gasteiger partial charge in [-0.1, -0.05) is 12.1 Å². The number of hydrogen-bond donors (Lipinski definition) is 0. The number of alkyl halides is 3. The highest BCUT2D eigenvalue weighted by Gasteiger charge is 2.40. The van der Waals surface area contributed by atoms with Crippen molar-refractivity contribution in [3.8, 4) is 0 Å². The van der Waals surface area contributed by atoms with E-state index in [2.05, 4.69) is 0 Å². The van der Waals surface area contributed by atoms with Gasteiger partial charge in [0.2, 0.25) is 5.78 Å². The Balaban J connectivity index is 2.16. The van der Waals surface area contributed by atoms with Gasteiger partial charge in [-0.2, -0.15) is 13.2 Å². The van der Waals surface area contributed by atoms with Gasteiger partial charge in [-0.25, -0.2) is 0 Å². The van der Waals surface area contributed by atoms with Crippen LogP contribution in [0.2, 0.25) is 0 Å². The summed E-state index contributed by atoms with van der Waals surface area (Å²) in [5.74, 6) is -3.59. The fourth-order valence-corrected chi connectivity index (χ4v) is 1.83. The number of benzene rings is 1. The van der Waals surface area contributed by atoms with Gasteiger partial charge in [0.05, 0.1) is 11.3 Å². The van der Waals surface area contributed by atoms with Crippen LogP contribution >= 0.6 is 0 Å². The second-order valence-corrected chi connectivity index (χ2v) is 3.97. The maximum Gasteiger partial charge on any atom is 0.450 e. The summed E-state index contributed by atoms with van der Waals surface area (Å²) in [7, 11) is 0. The van der Waals surface area contributed by atoms with Gasteiger partial charge < -0.3 is 4.90 Å². The van der Waals surface area contributed by atoms with E-state index in [1.54, 1.807) is 12.1 Å². The number of fused-ring (bicyclic) bond motifs is 1. The molecule has 0 fully saturated rings. The summed E-state index contributed by atoms with van der Waals surface area (Å²) in [6.45, 7) is -0.458. The number of carbonyl (C=O) groups excluding carboxylic acids is 3. The lowest BCUT2D eigenvalue weighted by Gasteiger charge is -2.16. The maximum atomic E-state index is 12.1. The molecule has 0 bridgehead atoms. The number of amides is 1. The van der Waals surface area contributed by atoms with Crippen LogP contribution in [0.5, 0.6) is 0 Å². The molecule has 1 heterocycles. The van der Waals surface area contributed by atoms with E-state index >= 15 is 0 Å². The van der Waals surface area contributed by atoms with Crippen molar-refractivity contribution < 1.29 is 27.6 Å². The molecule has 1 aliphatic rings. The third-order valence-electron chi connectivity index (χ3n) is 2.76. The smallest absolute Gasteiger partial charge is 0.304 e. The number of hydrogen-bond acceptors (Lipinski definition) is 3. The van der Waals surface area contributed by atoms with Gasteiger partial charge >= 0.3 is 6.18 Å². The van der Waals surface area contributed by atoms with Crippen molar-refractivity contribution in [3.63, 3.8) is 0 Å². The van der Waals surface area contributed by atoms with Gasteiger partial charge in [-0.3, -0.25) is 14.4 Å². The molecule has 0 spiro atoms. The van der Waals surface area contributed by atoms with Crippen LogP contribution < -0.4 is 4.90 Å². The minimum Gasteiger partial charge on any atom is -0.304 e. The molecule has 1 aromatic carbocycles. The molecular formula is C12H8F3NO3. The van der Waals surface area contributed by atoms with Crippen molar-refractivity contribution in [3.05, 3.63) is 29.8 Å². The van der Waals surface area contributed by atoms with E-state index in [0.717, 1.165) is 4.90 Å². The summed E-state index contributed by atoms with van der Waals surface area (Å²) in [6, 6.07) is 5.98. The van der Waals surface area contributed by atoms with Crippen LogP contribution in [-0.4, -0.2) is 30.2 Å². The predicted octanol–water partition coefficient (Wildman–Crippen LogP) is 1.74. The normalized spacial score (nSPS) is 14.8. The zero-order valence-corrected chi connectivity index (χ0v) is 9.53. The zero-order valence-electron chi connectivity index (χ0n) is 9.53. The van der Waals surface area contributed by atoms with Crippen LogP contribution in [0.15, 0.2) is 24.3 Å². The number of nitrogens with zero attached hydrogens (tertiary/aromatic N) is 1. The van der Waals surface area contributed by atoms with E-state index in [-0.39, 0.29) is 11.3 Å². The molecule has 0 N–H and O–H groups in total. The third-order valence-corrected chi connectivity index (χ3v) is 2.76. The molecule has 0 aliphatic carbocycles. The molecular weight excluding hydrogens is 263 g/mol. The van der Waals surface area contributed by atoms with Gasteiger partial charge in [0.1, 0.15) is 0 Å². The molecule has 1 aliphatic heterocycles. The second-order valence-electron chi connectivity index (χ2n) is 3.97. The Kier molecular flexibility index (Phi) is 3.13. The number of ketones is 2. The van der Waals surface area contributed by atoms with Crippen LogP contribution in [0, 0.1) is 0 Å². The predicted molar refractivity (Wildman–Crippen MR) is 58.8 cm³/mol. The molecule has 1 amide bonds. The van der Waals surface area contributed by atoms with Crippen LogP contribution in [0.3, 0.4) is 0 Å². The van der Waals surface area contributed by atoms with E-state index in [1.807, 2.05) is 0 Å². The third kappa shape index (κ3) is 2.35. The first-order valence-electron chi connectivity index (χ1n) is 5.37. The van der Waals surface area contributed by atoms with Gasteiger partial charge in [0.15, 0.2) is 0 Å². The fraction of sp³-hybridized carbons (Fsp3) is 0.250. The Hall–Kier alpha value is -2.18. The quantitative estimate of drug-likeness (QED) is 0.787. The number of anilines is 1. The SMILES string of the molecule is O=C1C(=O)N(CCC(=O)C(F)(F)F)c2ccccc21. The molecule has 4 nitrogen and oxygen atoms in total. The molecule has 19 heavy (non-hydrogen) atoms. The van der Waals surface area contributed by atoms with Gasteiger partial charge in [-0.15, -0.1) is 0 Å². The lowest BCUT2D eigenvalue weighted by Crippen LogP contribution is -2.34. The van der Waals surface area contributed by atoms with E-state index in [1.165, 1.54) is 12.1 Å². The molecule has 100 valence electrons. The van der Waals surface area contributed by atoms with E-state index in [0.29, 0.717) is 0 Å². The Bertz CT molecular complexity index is 566. The Morgan fingerprint density at radius 3 is 2.42 bits per heavy atom. The summed E-state index contributed by atoms with van der Waals surface area (Å²) < 4.78 is 36.2. The molecule has 0 saturated carbocycles. The molecule has 0 aromatic heterocycles. The summed E-state index contributed by atoms with van der Waals surface area (Å²) in [6.07, 6.45) is -5.79. The largest absolute Gasteiger partial charge is 0.450 e. The van der Waals surface area contributed by atoms with Gasteiger partial charge in [0, 0.05) is 13.0 Å². The van der Waals surface area contributed by atoms with E-state index in [9.17, 15) is 27.6 Å². The average Bonchev–Trinajstić information content (AvgIpc) is 2.59. The highest BCUT2D eigenvalue weighted by molar-refractivity contribution is 6.52. The number of halogens is 3. The van der Waals surface area contributed by atoms with Crippen molar-refractivity contribution in [1.82, 2.24) is 0 Å². The first-order valence-corrected chi connectivity index (χ1v) is 5.37. The molecule has 0 saturated heterocycles. The molecule has 1 aromatic rings.